The van der Waals surface area contributed by atoms with Crippen LogP contribution in [0.4, 0.5) is 0 Å². The second kappa shape index (κ2) is 9.26. The van der Waals surface area contributed by atoms with E-state index < -0.39 is 0 Å². The normalized spacial score (nSPS) is 19.7. The molecule has 1 amide bonds. The molecule has 1 fully saturated rings. The van der Waals surface area contributed by atoms with Crippen molar-refractivity contribution in [1.82, 2.24) is 15.5 Å². The van der Waals surface area contributed by atoms with E-state index in [-0.39, 0.29) is 24.4 Å². The summed E-state index contributed by atoms with van der Waals surface area (Å²) in [5.74, 6) is 0.113. The summed E-state index contributed by atoms with van der Waals surface area (Å²) < 4.78 is 0. The molecule has 1 heterocycles. The number of amides is 1. The van der Waals surface area contributed by atoms with Gasteiger partial charge in [-0.25, -0.2) is 0 Å². The molecule has 1 aliphatic rings. The number of likely N-dealkylation sites (tertiary alicyclic amines) is 1. The summed E-state index contributed by atoms with van der Waals surface area (Å²) in [6.45, 7) is 8.74. The summed E-state index contributed by atoms with van der Waals surface area (Å²) in [7, 11) is 2.00. The smallest absolute Gasteiger partial charge is 0.234 e. The number of nitrogens with zero attached hydrogens (tertiary/aromatic N) is 1. The molecule has 2 N–H and O–H groups in total. The fraction of sp³-hybridized carbons (Fsp3) is 0.611. The van der Waals surface area contributed by atoms with Crippen LogP contribution in [0.3, 0.4) is 0 Å². The van der Waals surface area contributed by atoms with Gasteiger partial charge in [-0.15, -0.1) is 12.4 Å². The van der Waals surface area contributed by atoms with Gasteiger partial charge in [0.1, 0.15) is 0 Å². The van der Waals surface area contributed by atoms with Crippen molar-refractivity contribution in [2.75, 3.05) is 26.7 Å². The van der Waals surface area contributed by atoms with Crippen molar-refractivity contribution in [3.8, 4) is 0 Å². The predicted octanol–water partition coefficient (Wildman–Crippen LogP) is 2.59. The molecule has 2 unspecified atom stereocenters. The molecule has 5 heteroatoms. The molecule has 0 saturated carbocycles. The molecule has 1 aromatic rings. The molecule has 23 heavy (non-hydrogen) atoms. The third kappa shape index (κ3) is 5.79. The second-order valence-electron chi connectivity index (χ2n) is 6.50. The number of rotatable bonds is 5. The average molecular weight is 340 g/mol. The minimum absolute atomic E-state index is 0. The lowest BCUT2D eigenvalue weighted by Gasteiger charge is -2.32. The van der Waals surface area contributed by atoms with Crippen molar-refractivity contribution in [3.05, 3.63) is 34.9 Å². The molecule has 0 spiro atoms. The number of piperidine rings is 1. The van der Waals surface area contributed by atoms with Gasteiger partial charge in [-0.05, 0) is 63.9 Å². The highest BCUT2D eigenvalue weighted by atomic mass is 35.5. The van der Waals surface area contributed by atoms with Gasteiger partial charge in [0.2, 0.25) is 5.91 Å². The van der Waals surface area contributed by atoms with Crippen molar-refractivity contribution in [2.45, 2.75) is 45.7 Å². The lowest BCUT2D eigenvalue weighted by molar-refractivity contribution is -0.123. The maximum Gasteiger partial charge on any atom is 0.234 e. The SMILES string of the molecule is CNC1CCCN(CC(=O)NC(C)c2ccc(C)c(C)c2)C1.Cl. The summed E-state index contributed by atoms with van der Waals surface area (Å²) in [5.41, 5.74) is 3.73. The zero-order chi connectivity index (χ0) is 16.1. The molecule has 130 valence electrons. The molecular weight excluding hydrogens is 310 g/mol. The fourth-order valence-electron chi connectivity index (χ4n) is 3.04. The zero-order valence-corrected chi connectivity index (χ0v) is 15.5. The van der Waals surface area contributed by atoms with E-state index in [9.17, 15) is 4.79 Å². The summed E-state index contributed by atoms with van der Waals surface area (Å²) in [5, 5.41) is 6.43. The van der Waals surface area contributed by atoms with Crippen molar-refractivity contribution in [1.29, 1.82) is 0 Å². The number of halogens is 1. The van der Waals surface area contributed by atoms with Crippen LogP contribution in [0.25, 0.3) is 0 Å². The van der Waals surface area contributed by atoms with Crippen LogP contribution in [0.5, 0.6) is 0 Å². The lowest BCUT2D eigenvalue weighted by atomic mass is 10.0. The van der Waals surface area contributed by atoms with Crippen LogP contribution < -0.4 is 10.6 Å². The van der Waals surface area contributed by atoms with Gasteiger partial charge in [0, 0.05) is 12.6 Å². The quantitative estimate of drug-likeness (QED) is 0.866. The highest BCUT2D eigenvalue weighted by Crippen LogP contribution is 2.17. The summed E-state index contributed by atoms with van der Waals surface area (Å²) in [4.78, 5) is 14.5. The van der Waals surface area contributed by atoms with Crippen molar-refractivity contribution < 1.29 is 4.79 Å². The molecule has 2 atom stereocenters. The number of likely N-dealkylation sites (N-methyl/N-ethyl adjacent to an activating group) is 1. The van der Waals surface area contributed by atoms with Crippen LogP contribution in [0.1, 0.15) is 42.5 Å². The van der Waals surface area contributed by atoms with Gasteiger partial charge in [0.05, 0.1) is 12.6 Å². The highest BCUT2D eigenvalue weighted by molar-refractivity contribution is 5.85. The van der Waals surface area contributed by atoms with Gasteiger partial charge in [0.15, 0.2) is 0 Å². The summed E-state index contributed by atoms with van der Waals surface area (Å²) >= 11 is 0. The minimum Gasteiger partial charge on any atom is -0.348 e. The Balaban J connectivity index is 0.00000264. The molecule has 1 aromatic carbocycles. The number of hydrogen-bond donors (Lipinski definition) is 2. The van der Waals surface area contributed by atoms with E-state index in [1.54, 1.807) is 0 Å². The Labute approximate surface area is 146 Å². The number of carbonyl (C=O) groups is 1. The Morgan fingerprint density at radius 2 is 2.09 bits per heavy atom. The van der Waals surface area contributed by atoms with Crippen LogP contribution >= 0.6 is 12.4 Å². The third-order valence-corrected chi connectivity index (χ3v) is 4.69. The van der Waals surface area contributed by atoms with Crippen LogP contribution in [0.15, 0.2) is 18.2 Å². The van der Waals surface area contributed by atoms with Crippen LogP contribution in [0, 0.1) is 13.8 Å². The standard InChI is InChI=1S/C18H29N3O.ClH/c1-13-7-8-16(10-14(13)2)15(3)20-18(22)12-21-9-5-6-17(11-21)19-4;/h7-8,10,15,17,19H,5-6,9,11-12H2,1-4H3,(H,20,22);1H. The molecule has 0 bridgehead atoms. The monoisotopic (exact) mass is 339 g/mol. The first kappa shape index (κ1) is 19.9. The molecule has 0 radical (unpaired) electrons. The van der Waals surface area contributed by atoms with E-state index in [2.05, 4.69) is 54.5 Å². The zero-order valence-electron chi connectivity index (χ0n) is 14.7. The first-order valence-electron chi connectivity index (χ1n) is 8.25. The first-order chi connectivity index (χ1) is 10.5. The number of nitrogens with one attached hydrogen (secondary N) is 2. The Bertz CT molecular complexity index is 521. The molecule has 1 aliphatic heterocycles. The summed E-state index contributed by atoms with van der Waals surface area (Å²) in [6.07, 6.45) is 2.36. The molecule has 4 nitrogen and oxygen atoms in total. The van der Waals surface area contributed by atoms with Gasteiger partial charge in [-0.3, -0.25) is 9.69 Å². The maximum absolute atomic E-state index is 12.3. The Hall–Kier alpha value is -1.10. The van der Waals surface area contributed by atoms with E-state index >= 15 is 0 Å². The maximum atomic E-state index is 12.3. The minimum atomic E-state index is 0. The highest BCUT2D eigenvalue weighted by Gasteiger charge is 2.21. The van der Waals surface area contributed by atoms with E-state index in [1.165, 1.54) is 23.1 Å². The Morgan fingerprint density at radius 1 is 1.35 bits per heavy atom. The van der Waals surface area contributed by atoms with Crippen molar-refractivity contribution >= 4 is 18.3 Å². The van der Waals surface area contributed by atoms with Crippen molar-refractivity contribution in [2.24, 2.45) is 0 Å². The Kier molecular flexibility index (Phi) is 8.03. The van der Waals surface area contributed by atoms with Crippen molar-refractivity contribution in [3.63, 3.8) is 0 Å². The second-order valence-corrected chi connectivity index (χ2v) is 6.50. The predicted molar refractivity (Wildman–Crippen MR) is 98.2 cm³/mol. The summed E-state index contributed by atoms with van der Waals surface area (Å²) in [6, 6.07) is 6.95. The average Bonchev–Trinajstić information content (AvgIpc) is 2.50. The molecule has 0 aromatic heterocycles. The fourth-order valence-corrected chi connectivity index (χ4v) is 3.04. The molecular formula is C18H30ClN3O. The van der Waals surface area contributed by atoms with Gasteiger partial charge < -0.3 is 10.6 Å². The third-order valence-electron chi connectivity index (χ3n) is 4.69. The van der Waals surface area contributed by atoms with Gasteiger partial charge >= 0.3 is 0 Å². The first-order valence-corrected chi connectivity index (χ1v) is 8.25. The van der Waals surface area contributed by atoms with Crippen LogP contribution in [-0.4, -0.2) is 43.5 Å². The number of carbonyl (C=O) groups excluding carboxylic acids is 1. The van der Waals surface area contributed by atoms with E-state index in [0.29, 0.717) is 12.6 Å². The van der Waals surface area contributed by atoms with Gasteiger partial charge in [0.25, 0.3) is 0 Å². The van der Waals surface area contributed by atoms with E-state index in [4.69, 9.17) is 0 Å². The molecule has 0 aliphatic carbocycles. The number of aryl methyl sites for hydroxylation is 2. The van der Waals surface area contributed by atoms with Crippen LogP contribution in [0.2, 0.25) is 0 Å². The molecule has 2 rings (SSSR count). The topological polar surface area (TPSA) is 44.4 Å². The largest absolute Gasteiger partial charge is 0.348 e. The van der Waals surface area contributed by atoms with Gasteiger partial charge in [-0.1, -0.05) is 18.2 Å². The van der Waals surface area contributed by atoms with E-state index in [0.717, 1.165) is 19.5 Å². The molecule has 1 saturated heterocycles. The number of hydrogen-bond acceptors (Lipinski definition) is 3. The lowest BCUT2D eigenvalue weighted by Crippen LogP contribution is -2.48. The number of benzene rings is 1. The Morgan fingerprint density at radius 3 is 2.74 bits per heavy atom. The van der Waals surface area contributed by atoms with Gasteiger partial charge in [-0.2, -0.15) is 0 Å². The van der Waals surface area contributed by atoms with Crippen LogP contribution in [-0.2, 0) is 4.79 Å². The van der Waals surface area contributed by atoms with E-state index in [1.807, 2.05) is 7.05 Å².